The van der Waals surface area contributed by atoms with Crippen LogP contribution in [0.25, 0.3) is 0 Å². The fourth-order valence-electron chi connectivity index (χ4n) is 2.36. The van der Waals surface area contributed by atoms with Gasteiger partial charge in [-0.1, -0.05) is 6.07 Å². The summed E-state index contributed by atoms with van der Waals surface area (Å²) in [5.74, 6) is -0.905. The van der Waals surface area contributed by atoms with Gasteiger partial charge in [-0.3, -0.25) is 0 Å². The molecule has 3 nitrogen and oxygen atoms in total. The lowest BCUT2D eigenvalue weighted by atomic mass is 10.1. The Morgan fingerprint density at radius 3 is 2.50 bits per heavy atom. The van der Waals surface area contributed by atoms with Gasteiger partial charge in [-0.15, -0.1) is 11.3 Å². The molecule has 0 saturated heterocycles. The number of hydrogen-bond acceptors (Lipinski definition) is 3. The lowest BCUT2D eigenvalue weighted by molar-refractivity contribution is 0.0698. The molecule has 2 N–H and O–H groups in total. The zero-order valence-electron chi connectivity index (χ0n) is 12.2. The molecule has 0 aliphatic heterocycles. The smallest absolute Gasteiger partial charge is 0.337 e. The standard InChI is InChI=1S/C16H19NO2S/c1-9-5-6-13(16(18)19)15(7-9)17-11(3)14-8-10(2)20-12(14)4/h5-8,11,17H,1-4H3,(H,18,19). The SMILES string of the molecule is Cc1ccc(C(=O)O)c(NC(C)c2cc(C)sc2C)c1. The first-order valence-electron chi connectivity index (χ1n) is 6.56. The highest BCUT2D eigenvalue weighted by Crippen LogP contribution is 2.30. The first kappa shape index (κ1) is 14.6. The van der Waals surface area contributed by atoms with Crippen molar-refractivity contribution in [2.75, 3.05) is 5.32 Å². The maximum absolute atomic E-state index is 11.3. The lowest BCUT2D eigenvalue weighted by Gasteiger charge is -2.17. The molecule has 1 aromatic carbocycles. The number of rotatable bonds is 4. The predicted octanol–water partition coefficient (Wildman–Crippen LogP) is 4.54. The average molecular weight is 289 g/mol. The molecular formula is C16H19NO2S. The van der Waals surface area contributed by atoms with E-state index in [1.165, 1.54) is 15.3 Å². The summed E-state index contributed by atoms with van der Waals surface area (Å²) in [4.78, 5) is 13.8. The van der Waals surface area contributed by atoms with Crippen LogP contribution in [0.15, 0.2) is 24.3 Å². The minimum atomic E-state index is -0.905. The minimum absolute atomic E-state index is 0.0832. The van der Waals surface area contributed by atoms with Gasteiger partial charge in [0, 0.05) is 21.5 Å². The largest absolute Gasteiger partial charge is 0.478 e. The van der Waals surface area contributed by atoms with Crippen molar-refractivity contribution in [2.24, 2.45) is 0 Å². The van der Waals surface area contributed by atoms with Crippen molar-refractivity contribution < 1.29 is 9.90 Å². The van der Waals surface area contributed by atoms with Gasteiger partial charge in [0.1, 0.15) is 0 Å². The molecule has 1 atom stereocenters. The Kier molecular flexibility index (Phi) is 4.14. The number of carbonyl (C=O) groups is 1. The highest BCUT2D eigenvalue weighted by molar-refractivity contribution is 7.12. The van der Waals surface area contributed by atoms with Crippen molar-refractivity contribution in [3.8, 4) is 0 Å². The average Bonchev–Trinajstić information content (AvgIpc) is 2.68. The van der Waals surface area contributed by atoms with Gasteiger partial charge in [0.2, 0.25) is 0 Å². The maximum Gasteiger partial charge on any atom is 0.337 e. The summed E-state index contributed by atoms with van der Waals surface area (Å²) in [6, 6.07) is 7.60. The minimum Gasteiger partial charge on any atom is -0.478 e. The van der Waals surface area contributed by atoms with Gasteiger partial charge in [-0.25, -0.2) is 4.79 Å². The van der Waals surface area contributed by atoms with Gasteiger partial charge in [-0.05, 0) is 57.0 Å². The molecule has 2 aromatic rings. The Morgan fingerprint density at radius 2 is 1.95 bits per heavy atom. The maximum atomic E-state index is 11.3. The van der Waals surface area contributed by atoms with Crippen LogP contribution in [0.3, 0.4) is 0 Å². The van der Waals surface area contributed by atoms with E-state index >= 15 is 0 Å². The van der Waals surface area contributed by atoms with E-state index in [1.54, 1.807) is 17.4 Å². The Labute approximate surface area is 123 Å². The van der Waals surface area contributed by atoms with Gasteiger partial charge in [0.15, 0.2) is 0 Å². The summed E-state index contributed by atoms with van der Waals surface area (Å²) in [5, 5.41) is 12.6. The topological polar surface area (TPSA) is 49.3 Å². The number of hydrogen-bond donors (Lipinski definition) is 2. The molecule has 0 amide bonds. The van der Waals surface area contributed by atoms with Crippen LogP contribution in [0.4, 0.5) is 5.69 Å². The molecule has 2 rings (SSSR count). The Hall–Kier alpha value is -1.81. The van der Waals surface area contributed by atoms with Crippen LogP contribution < -0.4 is 5.32 Å². The second-order valence-corrected chi connectivity index (χ2v) is 6.55. The van der Waals surface area contributed by atoms with E-state index in [1.807, 2.05) is 19.1 Å². The van der Waals surface area contributed by atoms with Crippen LogP contribution in [0.5, 0.6) is 0 Å². The quantitative estimate of drug-likeness (QED) is 0.868. The van der Waals surface area contributed by atoms with Crippen LogP contribution in [0.2, 0.25) is 0 Å². The van der Waals surface area contributed by atoms with Crippen LogP contribution in [-0.2, 0) is 0 Å². The van der Waals surface area contributed by atoms with Crippen LogP contribution in [-0.4, -0.2) is 11.1 Å². The molecule has 1 heterocycles. The molecule has 1 aromatic heterocycles. The third-order valence-electron chi connectivity index (χ3n) is 3.32. The van der Waals surface area contributed by atoms with Crippen LogP contribution in [0.1, 0.15) is 44.2 Å². The highest BCUT2D eigenvalue weighted by Gasteiger charge is 2.15. The Bertz CT molecular complexity index is 646. The lowest BCUT2D eigenvalue weighted by Crippen LogP contribution is -2.11. The Balaban J connectivity index is 2.32. The van der Waals surface area contributed by atoms with Gasteiger partial charge >= 0.3 is 5.97 Å². The van der Waals surface area contributed by atoms with Crippen molar-refractivity contribution in [1.82, 2.24) is 0 Å². The van der Waals surface area contributed by atoms with E-state index < -0.39 is 5.97 Å². The van der Waals surface area contributed by atoms with Crippen molar-refractivity contribution in [3.05, 3.63) is 50.7 Å². The molecule has 0 aliphatic rings. The third-order valence-corrected chi connectivity index (χ3v) is 4.31. The molecule has 0 spiro atoms. The molecule has 1 unspecified atom stereocenters. The van der Waals surface area contributed by atoms with Gasteiger partial charge < -0.3 is 10.4 Å². The summed E-state index contributed by atoms with van der Waals surface area (Å²) in [7, 11) is 0. The molecule has 0 bridgehead atoms. The number of anilines is 1. The van der Waals surface area contributed by atoms with E-state index in [9.17, 15) is 9.90 Å². The number of benzene rings is 1. The highest BCUT2D eigenvalue weighted by atomic mass is 32.1. The molecule has 0 radical (unpaired) electrons. The fraction of sp³-hybridized carbons (Fsp3) is 0.312. The molecule has 20 heavy (non-hydrogen) atoms. The zero-order chi connectivity index (χ0) is 14.9. The summed E-state index contributed by atoms with van der Waals surface area (Å²) >= 11 is 1.77. The van der Waals surface area contributed by atoms with Crippen molar-refractivity contribution in [3.63, 3.8) is 0 Å². The van der Waals surface area contributed by atoms with E-state index in [2.05, 4.69) is 32.2 Å². The number of carboxylic acids is 1. The molecule has 0 saturated carbocycles. The van der Waals surface area contributed by atoms with Crippen LogP contribution in [0, 0.1) is 20.8 Å². The van der Waals surface area contributed by atoms with Gasteiger partial charge in [0.05, 0.1) is 5.56 Å². The summed E-state index contributed by atoms with van der Waals surface area (Å²) in [6.07, 6.45) is 0. The first-order valence-corrected chi connectivity index (χ1v) is 7.37. The van der Waals surface area contributed by atoms with Gasteiger partial charge in [0.25, 0.3) is 0 Å². The zero-order valence-corrected chi connectivity index (χ0v) is 13.0. The summed E-state index contributed by atoms with van der Waals surface area (Å²) in [6.45, 7) is 8.20. The van der Waals surface area contributed by atoms with E-state index in [0.717, 1.165) is 5.56 Å². The normalized spacial score (nSPS) is 12.2. The molecule has 0 fully saturated rings. The summed E-state index contributed by atoms with van der Waals surface area (Å²) < 4.78 is 0. The molecular weight excluding hydrogens is 270 g/mol. The number of thiophene rings is 1. The second-order valence-electron chi connectivity index (χ2n) is 5.09. The number of carboxylic acid groups (broad SMARTS) is 1. The van der Waals surface area contributed by atoms with E-state index in [0.29, 0.717) is 11.3 Å². The number of aromatic carboxylic acids is 1. The Morgan fingerprint density at radius 1 is 1.25 bits per heavy atom. The van der Waals surface area contributed by atoms with Gasteiger partial charge in [-0.2, -0.15) is 0 Å². The molecule has 4 heteroatoms. The molecule has 106 valence electrons. The van der Waals surface area contributed by atoms with Crippen LogP contribution >= 0.6 is 11.3 Å². The number of nitrogens with one attached hydrogen (secondary N) is 1. The van der Waals surface area contributed by atoms with Crippen molar-refractivity contribution in [1.29, 1.82) is 0 Å². The monoisotopic (exact) mass is 289 g/mol. The van der Waals surface area contributed by atoms with E-state index in [4.69, 9.17) is 0 Å². The van der Waals surface area contributed by atoms with E-state index in [-0.39, 0.29) is 6.04 Å². The molecule has 0 aliphatic carbocycles. The fourth-order valence-corrected chi connectivity index (χ4v) is 3.38. The second kappa shape index (κ2) is 5.67. The third kappa shape index (κ3) is 3.02. The predicted molar refractivity (Wildman–Crippen MR) is 84.0 cm³/mol. The number of aryl methyl sites for hydroxylation is 3. The first-order chi connectivity index (χ1) is 9.38. The van der Waals surface area contributed by atoms with Crippen molar-refractivity contribution >= 4 is 23.0 Å². The summed E-state index contributed by atoms with van der Waals surface area (Å²) in [5.41, 5.74) is 3.26. The van der Waals surface area contributed by atoms with Crippen molar-refractivity contribution in [2.45, 2.75) is 33.7 Å².